The summed E-state index contributed by atoms with van der Waals surface area (Å²) in [5, 5.41) is 0. The number of amides is 1. The molecule has 110 valence electrons. The van der Waals surface area contributed by atoms with E-state index >= 15 is 0 Å². The van der Waals surface area contributed by atoms with Crippen molar-refractivity contribution in [2.75, 3.05) is 34.5 Å². The first-order chi connectivity index (χ1) is 9.50. The third-order valence-electron chi connectivity index (χ3n) is 3.57. The van der Waals surface area contributed by atoms with E-state index in [2.05, 4.69) is 0 Å². The summed E-state index contributed by atoms with van der Waals surface area (Å²) >= 11 is 0. The Kier molecular flexibility index (Phi) is 4.18. The van der Waals surface area contributed by atoms with Crippen molar-refractivity contribution in [3.63, 3.8) is 0 Å². The zero-order valence-electron chi connectivity index (χ0n) is 12.4. The molecule has 5 nitrogen and oxygen atoms in total. The van der Waals surface area contributed by atoms with E-state index in [0.717, 1.165) is 5.56 Å². The maximum absolute atomic E-state index is 12.3. The predicted molar refractivity (Wildman–Crippen MR) is 74.9 cm³/mol. The van der Waals surface area contributed by atoms with Gasteiger partial charge in [-0.15, -0.1) is 0 Å². The van der Waals surface area contributed by atoms with Gasteiger partial charge in [0.2, 0.25) is 5.91 Å². The molecule has 1 saturated heterocycles. The molecule has 0 bridgehead atoms. The quantitative estimate of drug-likeness (QED) is 0.823. The fourth-order valence-electron chi connectivity index (χ4n) is 2.32. The molecule has 1 aliphatic rings. The van der Waals surface area contributed by atoms with Gasteiger partial charge in [0.15, 0.2) is 11.5 Å². The first-order valence-corrected chi connectivity index (χ1v) is 6.54. The molecule has 0 N–H and O–H groups in total. The molecule has 0 aliphatic carbocycles. The van der Waals surface area contributed by atoms with Crippen LogP contribution in [0.25, 0.3) is 0 Å². The Morgan fingerprint density at radius 2 is 1.95 bits per heavy atom. The standard InChI is InChI=1S/C15H21NO4/c1-15(9-20-10-15)14(17)16(2)8-11-5-6-12(18-3)13(7-11)19-4/h5-7H,8-10H2,1-4H3. The van der Waals surface area contributed by atoms with Gasteiger partial charge in [0.25, 0.3) is 0 Å². The van der Waals surface area contributed by atoms with Crippen LogP contribution in [0.15, 0.2) is 18.2 Å². The van der Waals surface area contributed by atoms with Gasteiger partial charge in [0.05, 0.1) is 32.8 Å². The van der Waals surface area contributed by atoms with Gasteiger partial charge in [-0.25, -0.2) is 0 Å². The van der Waals surface area contributed by atoms with E-state index in [0.29, 0.717) is 31.3 Å². The first kappa shape index (κ1) is 14.7. The van der Waals surface area contributed by atoms with E-state index in [-0.39, 0.29) is 11.3 Å². The molecule has 0 spiro atoms. The van der Waals surface area contributed by atoms with Crippen molar-refractivity contribution in [1.82, 2.24) is 4.90 Å². The van der Waals surface area contributed by atoms with Gasteiger partial charge >= 0.3 is 0 Å². The highest BCUT2D eigenvalue weighted by atomic mass is 16.5. The van der Waals surface area contributed by atoms with Crippen LogP contribution in [-0.2, 0) is 16.1 Å². The number of nitrogens with zero attached hydrogens (tertiary/aromatic N) is 1. The zero-order chi connectivity index (χ0) is 14.8. The summed E-state index contributed by atoms with van der Waals surface area (Å²) in [4.78, 5) is 14.0. The van der Waals surface area contributed by atoms with Gasteiger partial charge in [-0.1, -0.05) is 6.07 Å². The highest BCUT2D eigenvalue weighted by molar-refractivity contribution is 5.83. The third-order valence-corrected chi connectivity index (χ3v) is 3.57. The maximum atomic E-state index is 12.3. The summed E-state index contributed by atoms with van der Waals surface area (Å²) in [5.41, 5.74) is 0.632. The van der Waals surface area contributed by atoms with Crippen LogP contribution >= 0.6 is 0 Å². The van der Waals surface area contributed by atoms with Crippen molar-refractivity contribution < 1.29 is 19.0 Å². The van der Waals surface area contributed by atoms with E-state index in [1.165, 1.54) is 0 Å². The number of methoxy groups -OCH3 is 2. The molecule has 0 aromatic heterocycles. The highest BCUT2D eigenvalue weighted by Gasteiger charge is 2.42. The summed E-state index contributed by atoms with van der Waals surface area (Å²) in [6, 6.07) is 5.67. The van der Waals surface area contributed by atoms with Crippen LogP contribution in [-0.4, -0.2) is 45.3 Å². The molecule has 1 aromatic rings. The summed E-state index contributed by atoms with van der Waals surface area (Å²) in [6.45, 7) is 3.48. The van der Waals surface area contributed by atoms with Crippen molar-refractivity contribution >= 4 is 5.91 Å². The van der Waals surface area contributed by atoms with Gasteiger partial charge in [0.1, 0.15) is 0 Å². The largest absolute Gasteiger partial charge is 0.493 e. The maximum Gasteiger partial charge on any atom is 0.233 e. The average molecular weight is 279 g/mol. The smallest absolute Gasteiger partial charge is 0.233 e. The number of rotatable bonds is 5. The van der Waals surface area contributed by atoms with Crippen molar-refractivity contribution in [1.29, 1.82) is 0 Å². The van der Waals surface area contributed by atoms with E-state index in [9.17, 15) is 4.79 Å². The number of hydrogen-bond donors (Lipinski definition) is 0. The molecular weight excluding hydrogens is 258 g/mol. The van der Waals surface area contributed by atoms with Gasteiger partial charge < -0.3 is 19.1 Å². The van der Waals surface area contributed by atoms with Gasteiger partial charge in [-0.3, -0.25) is 4.79 Å². The fourth-order valence-corrected chi connectivity index (χ4v) is 2.32. The van der Waals surface area contributed by atoms with E-state index in [1.54, 1.807) is 19.1 Å². The Bertz CT molecular complexity index is 497. The summed E-state index contributed by atoms with van der Waals surface area (Å²) in [6.07, 6.45) is 0. The van der Waals surface area contributed by atoms with Crippen LogP contribution in [0.2, 0.25) is 0 Å². The van der Waals surface area contributed by atoms with Crippen molar-refractivity contribution in [3.8, 4) is 11.5 Å². The highest BCUT2D eigenvalue weighted by Crippen LogP contribution is 2.31. The summed E-state index contributed by atoms with van der Waals surface area (Å²) in [5.74, 6) is 1.46. The lowest BCUT2D eigenvalue weighted by Gasteiger charge is -2.39. The lowest BCUT2D eigenvalue weighted by Crippen LogP contribution is -2.52. The second kappa shape index (κ2) is 5.71. The third kappa shape index (κ3) is 2.72. The Hall–Kier alpha value is -1.75. The lowest BCUT2D eigenvalue weighted by molar-refractivity contribution is -0.167. The number of carbonyl (C=O) groups is 1. The predicted octanol–water partition coefficient (Wildman–Crippen LogP) is 1.70. The van der Waals surface area contributed by atoms with Crippen LogP contribution in [0, 0.1) is 5.41 Å². The van der Waals surface area contributed by atoms with E-state index in [4.69, 9.17) is 14.2 Å². The second-order valence-corrected chi connectivity index (χ2v) is 5.40. The summed E-state index contributed by atoms with van der Waals surface area (Å²) in [7, 11) is 5.01. The lowest BCUT2D eigenvalue weighted by atomic mass is 9.87. The zero-order valence-corrected chi connectivity index (χ0v) is 12.4. The Morgan fingerprint density at radius 3 is 2.45 bits per heavy atom. The molecule has 0 atom stereocenters. The number of hydrogen-bond acceptors (Lipinski definition) is 4. The minimum Gasteiger partial charge on any atom is -0.493 e. The van der Waals surface area contributed by atoms with Gasteiger partial charge in [-0.2, -0.15) is 0 Å². The van der Waals surface area contributed by atoms with E-state index in [1.807, 2.05) is 32.2 Å². The normalized spacial score (nSPS) is 16.2. The average Bonchev–Trinajstić information content (AvgIpc) is 2.43. The monoisotopic (exact) mass is 279 g/mol. The minimum absolute atomic E-state index is 0.110. The van der Waals surface area contributed by atoms with Crippen LogP contribution in [0.3, 0.4) is 0 Å². The molecule has 20 heavy (non-hydrogen) atoms. The molecule has 1 aliphatic heterocycles. The molecule has 1 aromatic carbocycles. The Morgan fingerprint density at radius 1 is 1.30 bits per heavy atom. The molecule has 1 fully saturated rings. The van der Waals surface area contributed by atoms with Crippen molar-refractivity contribution in [2.45, 2.75) is 13.5 Å². The SMILES string of the molecule is COc1ccc(CN(C)C(=O)C2(C)COC2)cc1OC. The Labute approximate surface area is 119 Å². The molecule has 1 amide bonds. The molecule has 1 heterocycles. The molecule has 0 saturated carbocycles. The topological polar surface area (TPSA) is 48.0 Å². The van der Waals surface area contributed by atoms with Crippen molar-refractivity contribution in [3.05, 3.63) is 23.8 Å². The van der Waals surface area contributed by atoms with E-state index < -0.39 is 0 Å². The molecule has 0 unspecified atom stereocenters. The van der Waals surface area contributed by atoms with Crippen molar-refractivity contribution in [2.24, 2.45) is 5.41 Å². The van der Waals surface area contributed by atoms with Gasteiger partial charge in [0, 0.05) is 13.6 Å². The molecule has 0 radical (unpaired) electrons. The van der Waals surface area contributed by atoms with Crippen LogP contribution in [0.5, 0.6) is 11.5 Å². The van der Waals surface area contributed by atoms with Gasteiger partial charge in [-0.05, 0) is 24.6 Å². The number of carbonyl (C=O) groups excluding carboxylic acids is 1. The van der Waals surface area contributed by atoms with Crippen LogP contribution < -0.4 is 9.47 Å². The molecule has 5 heteroatoms. The second-order valence-electron chi connectivity index (χ2n) is 5.40. The Balaban J connectivity index is 2.07. The van der Waals surface area contributed by atoms with Crippen LogP contribution in [0.1, 0.15) is 12.5 Å². The fraction of sp³-hybridized carbons (Fsp3) is 0.533. The van der Waals surface area contributed by atoms with Crippen LogP contribution in [0.4, 0.5) is 0 Å². The first-order valence-electron chi connectivity index (χ1n) is 6.54. The molecule has 2 rings (SSSR count). The number of benzene rings is 1. The summed E-state index contributed by atoms with van der Waals surface area (Å²) < 4.78 is 15.6. The molecular formula is C15H21NO4. The minimum atomic E-state index is -0.370. The number of ether oxygens (including phenoxy) is 3.